The van der Waals surface area contributed by atoms with Gasteiger partial charge in [0, 0.05) is 19.4 Å². The molecule has 0 spiro atoms. The Morgan fingerprint density at radius 3 is 2.46 bits per heavy atom. The van der Waals surface area contributed by atoms with E-state index in [1.54, 1.807) is 46.4 Å². The second-order valence-corrected chi connectivity index (χ2v) is 7.22. The van der Waals surface area contributed by atoms with Gasteiger partial charge in [-0.05, 0) is 33.1 Å². The smallest absolute Gasteiger partial charge is 0.408 e. The number of rotatable bonds is 6. The summed E-state index contributed by atoms with van der Waals surface area (Å²) in [5.74, 6) is 0.0685. The molecule has 0 saturated heterocycles. The molecule has 0 saturated carbocycles. The first-order chi connectivity index (χ1) is 11.1. The third kappa shape index (κ3) is 7.39. The van der Waals surface area contributed by atoms with Crippen molar-refractivity contribution in [3.63, 3.8) is 0 Å². The van der Waals surface area contributed by atoms with Crippen LogP contribution in [-0.2, 0) is 16.1 Å². The van der Waals surface area contributed by atoms with Gasteiger partial charge in [0.25, 0.3) is 0 Å². The van der Waals surface area contributed by atoms with Gasteiger partial charge in [-0.3, -0.25) is 14.8 Å². The highest BCUT2D eigenvalue weighted by molar-refractivity contribution is 5.85. The third-order valence-corrected chi connectivity index (χ3v) is 3.09. The van der Waals surface area contributed by atoms with Gasteiger partial charge in [-0.1, -0.05) is 13.8 Å². The van der Waals surface area contributed by atoms with Gasteiger partial charge >= 0.3 is 6.09 Å². The Hall–Kier alpha value is -2.18. The van der Waals surface area contributed by atoms with Crippen LogP contribution in [0.5, 0.6) is 0 Å². The number of alkyl carbamates (subject to hydrolysis) is 1. The molecule has 0 unspecified atom stereocenters. The molecule has 2 amide bonds. The van der Waals surface area contributed by atoms with Crippen LogP contribution in [0.15, 0.2) is 18.6 Å². The van der Waals surface area contributed by atoms with Gasteiger partial charge in [-0.15, -0.1) is 0 Å². The number of amides is 2. The molecule has 0 radical (unpaired) electrons. The standard InChI is InChI=1S/C17H28N4O3/c1-12(2)9-14(20-16(23)24-17(3,4)5)15(22)21(6)11-13-10-18-7-8-19-13/h7-8,10,12,14H,9,11H2,1-6H3,(H,20,23)/t14-/m0/s1. The van der Waals surface area contributed by atoms with Gasteiger partial charge in [0.1, 0.15) is 11.6 Å². The van der Waals surface area contributed by atoms with Gasteiger partial charge < -0.3 is 15.0 Å². The summed E-state index contributed by atoms with van der Waals surface area (Å²) in [6, 6.07) is -0.637. The number of aromatic nitrogens is 2. The van der Waals surface area contributed by atoms with E-state index in [-0.39, 0.29) is 11.8 Å². The zero-order chi connectivity index (χ0) is 18.3. The lowest BCUT2D eigenvalue weighted by Crippen LogP contribution is -2.49. The summed E-state index contributed by atoms with van der Waals surface area (Å²) in [4.78, 5) is 34.4. The maximum atomic E-state index is 12.7. The van der Waals surface area contributed by atoms with Crippen LogP contribution in [0.3, 0.4) is 0 Å². The minimum absolute atomic E-state index is 0.180. The van der Waals surface area contributed by atoms with E-state index in [1.807, 2.05) is 13.8 Å². The molecule has 1 heterocycles. The van der Waals surface area contributed by atoms with Crippen LogP contribution >= 0.6 is 0 Å². The lowest BCUT2D eigenvalue weighted by atomic mass is 10.0. The quantitative estimate of drug-likeness (QED) is 0.862. The van der Waals surface area contributed by atoms with Crippen LogP contribution in [0.2, 0.25) is 0 Å². The molecule has 134 valence electrons. The first-order valence-corrected chi connectivity index (χ1v) is 8.08. The molecule has 24 heavy (non-hydrogen) atoms. The van der Waals surface area contributed by atoms with E-state index < -0.39 is 17.7 Å². The van der Waals surface area contributed by atoms with Crippen molar-refractivity contribution in [2.75, 3.05) is 7.05 Å². The average Bonchev–Trinajstić information content (AvgIpc) is 2.44. The minimum atomic E-state index is -0.637. The number of nitrogens with zero attached hydrogens (tertiary/aromatic N) is 3. The topological polar surface area (TPSA) is 84.4 Å². The van der Waals surface area contributed by atoms with Crippen LogP contribution in [0, 0.1) is 5.92 Å². The SMILES string of the molecule is CC(C)C[C@H](NC(=O)OC(C)(C)C)C(=O)N(C)Cc1cnccn1. The Balaban J connectivity index is 2.75. The fourth-order valence-electron chi connectivity index (χ4n) is 2.14. The number of carbonyl (C=O) groups excluding carboxylic acids is 2. The molecular formula is C17H28N4O3. The summed E-state index contributed by atoms with van der Waals surface area (Å²) in [6.45, 7) is 9.68. The van der Waals surface area contributed by atoms with E-state index in [0.717, 1.165) is 0 Å². The molecule has 0 aromatic carbocycles. The van der Waals surface area contributed by atoms with Crippen molar-refractivity contribution in [2.45, 2.75) is 59.2 Å². The Kier molecular flexibility index (Phi) is 7.13. The molecule has 0 aliphatic rings. The van der Waals surface area contributed by atoms with E-state index in [0.29, 0.717) is 18.7 Å². The summed E-state index contributed by atoms with van der Waals surface area (Å²) < 4.78 is 5.25. The van der Waals surface area contributed by atoms with Gasteiger partial charge in [0.15, 0.2) is 0 Å². The van der Waals surface area contributed by atoms with Crippen LogP contribution < -0.4 is 5.32 Å². The average molecular weight is 336 g/mol. The molecular weight excluding hydrogens is 308 g/mol. The van der Waals surface area contributed by atoms with Crippen LogP contribution in [-0.4, -0.2) is 45.6 Å². The Morgan fingerprint density at radius 2 is 1.96 bits per heavy atom. The van der Waals surface area contributed by atoms with Crippen molar-refractivity contribution in [1.29, 1.82) is 0 Å². The zero-order valence-electron chi connectivity index (χ0n) is 15.4. The molecule has 0 bridgehead atoms. The van der Waals surface area contributed by atoms with Crippen molar-refractivity contribution in [1.82, 2.24) is 20.2 Å². The maximum absolute atomic E-state index is 12.7. The van der Waals surface area contributed by atoms with Crippen LogP contribution in [0.25, 0.3) is 0 Å². The monoisotopic (exact) mass is 336 g/mol. The van der Waals surface area contributed by atoms with Gasteiger partial charge in [-0.2, -0.15) is 0 Å². The number of carbonyl (C=O) groups is 2. The lowest BCUT2D eigenvalue weighted by Gasteiger charge is -2.27. The van der Waals surface area contributed by atoms with Gasteiger partial charge in [0.05, 0.1) is 18.4 Å². The largest absolute Gasteiger partial charge is 0.444 e. The highest BCUT2D eigenvalue weighted by atomic mass is 16.6. The van der Waals surface area contributed by atoms with E-state index in [1.165, 1.54) is 4.90 Å². The fourth-order valence-corrected chi connectivity index (χ4v) is 2.14. The minimum Gasteiger partial charge on any atom is -0.444 e. The predicted molar refractivity (Wildman–Crippen MR) is 91.1 cm³/mol. The summed E-state index contributed by atoms with van der Waals surface area (Å²) >= 11 is 0. The summed E-state index contributed by atoms with van der Waals surface area (Å²) in [5.41, 5.74) is 0.0787. The fraction of sp³-hybridized carbons (Fsp3) is 0.647. The van der Waals surface area contributed by atoms with E-state index in [4.69, 9.17) is 4.74 Å². The number of nitrogens with one attached hydrogen (secondary N) is 1. The third-order valence-electron chi connectivity index (χ3n) is 3.09. The normalized spacial score (nSPS) is 12.6. The van der Waals surface area contributed by atoms with Crippen molar-refractivity contribution in [3.8, 4) is 0 Å². The number of ether oxygens (including phenoxy) is 1. The Labute approximate surface area is 143 Å². The second-order valence-electron chi connectivity index (χ2n) is 7.22. The van der Waals surface area contributed by atoms with E-state index in [2.05, 4.69) is 15.3 Å². The molecule has 1 aromatic heterocycles. The summed E-state index contributed by atoms with van der Waals surface area (Å²) in [5, 5.41) is 2.68. The lowest BCUT2D eigenvalue weighted by molar-refractivity contribution is -0.133. The predicted octanol–water partition coefficient (Wildman–Crippen LogP) is 2.37. The molecule has 7 heteroatoms. The number of hydrogen-bond donors (Lipinski definition) is 1. The van der Waals surface area contributed by atoms with Gasteiger partial charge in [-0.25, -0.2) is 4.79 Å². The van der Waals surface area contributed by atoms with Crippen molar-refractivity contribution in [3.05, 3.63) is 24.3 Å². The van der Waals surface area contributed by atoms with Crippen LogP contribution in [0.4, 0.5) is 4.79 Å². The molecule has 1 atom stereocenters. The first-order valence-electron chi connectivity index (χ1n) is 8.08. The van der Waals surface area contributed by atoms with Crippen LogP contribution in [0.1, 0.15) is 46.7 Å². The molecule has 0 aliphatic carbocycles. The first kappa shape index (κ1) is 19.9. The molecule has 0 aliphatic heterocycles. The summed E-state index contributed by atoms with van der Waals surface area (Å²) in [6.07, 6.45) is 4.72. The molecule has 1 rings (SSSR count). The van der Waals surface area contributed by atoms with E-state index in [9.17, 15) is 9.59 Å². The maximum Gasteiger partial charge on any atom is 0.408 e. The number of hydrogen-bond acceptors (Lipinski definition) is 5. The highest BCUT2D eigenvalue weighted by Crippen LogP contribution is 2.11. The van der Waals surface area contributed by atoms with Gasteiger partial charge in [0.2, 0.25) is 5.91 Å². The Morgan fingerprint density at radius 1 is 1.29 bits per heavy atom. The molecule has 1 N–H and O–H groups in total. The van der Waals surface area contributed by atoms with Crippen molar-refractivity contribution in [2.24, 2.45) is 5.92 Å². The highest BCUT2D eigenvalue weighted by Gasteiger charge is 2.27. The molecule has 7 nitrogen and oxygen atoms in total. The zero-order valence-corrected chi connectivity index (χ0v) is 15.4. The molecule has 0 fully saturated rings. The van der Waals surface area contributed by atoms with Crippen molar-refractivity contribution >= 4 is 12.0 Å². The van der Waals surface area contributed by atoms with E-state index >= 15 is 0 Å². The Bertz CT molecular complexity index is 541. The summed E-state index contributed by atoms with van der Waals surface area (Å²) in [7, 11) is 1.68. The second kappa shape index (κ2) is 8.61. The molecule has 1 aromatic rings. The number of likely N-dealkylation sites (N-methyl/N-ethyl adjacent to an activating group) is 1. The van der Waals surface area contributed by atoms with Crippen molar-refractivity contribution < 1.29 is 14.3 Å².